The highest BCUT2D eigenvalue weighted by atomic mass is 32.2. The molecule has 2 rings (SSSR count). The molecule has 2 N–H and O–H groups in total. The zero-order valence-corrected chi connectivity index (χ0v) is 39.3. The number of aliphatic hydroxyl groups is 1. The number of anilines is 1. The van der Waals surface area contributed by atoms with Crippen LogP contribution in [0.3, 0.4) is 0 Å². The Hall–Kier alpha value is -2.76. The fraction of sp³-hybridized carbons (Fsp3) is 0.780. The number of ether oxygens (including phenoxy) is 2. The van der Waals surface area contributed by atoms with Crippen molar-refractivity contribution in [1.82, 2.24) is 9.55 Å². The van der Waals surface area contributed by atoms with Crippen molar-refractivity contribution in [2.24, 2.45) is 5.92 Å². The number of hydrogen-bond donors (Lipinski definition) is 2. The summed E-state index contributed by atoms with van der Waals surface area (Å²) in [5.41, 5.74) is -0.932. The monoisotopic (exact) mass is 872 g/mol. The maximum Gasteiger partial charge on any atom is 0.412 e. The minimum Gasteiger partial charge on any atom is -0.449 e. The highest BCUT2D eigenvalue weighted by Crippen LogP contribution is 2.34. The molecule has 1 amide bonds. The number of Topliss-reactive ketones (excluding diaryl/α,β-unsaturated/α-hetero) is 2. The third-order valence-corrected chi connectivity index (χ3v) is 12.8. The summed E-state index contributed by atoms with van der Waals surface area (Å²) < 4.78 is 12.3. The van der Waals surface area contributed by atoms with Crippen LogP contribution < -0.4 is 11.0 Å². The first kappa shape index (κ1) is 54.4. The number of unbranched alkanes of at least 4 members (excludes halogenated alkanes) is 21. The van der Waals surface area contributed by atoms with Gasteiger partial charge in [-0.05, 0) is 89.0 Å². The van der Waals surface area contributed by atoms with E-state index >= 15 is 0 Å². The molecule has 0 saturated carbocycles. The summed E-state index contributed by atoms with van der Waals surface area (Å²) >= 11 is 1.33. The summed E-state index contributed by atoms with van der Waals surface area (Å²) in [4.78, 5) is 55.2. The van der Waals surface area contributed by atoms with Crippen LogP contribution in [0.1, 0.15) is 218 Å². The molecule has 3 atom stereocenters. The van der Waals surface area contributed by atoms with Crippen LogP contribution in [0.4, 0.5) is 10.6 Å². The molecule has 10 nitrogen and oxygen atoms in total. The van der Waals surface area contributed by atoms with Crippen molar-refractivity contribution < 1.29 is 29.0 Å². The molecule has 11 heteroatoms. The van der Waals surface area contributed by atoms with Crippen LogP contribution in [0.25, 0.3) is 0 Å². The summed E-state index contributed by atoms with van der Waals surface area (Å²) in [7, 11) is 0. The zero-order chi connectivity index (χ0) is 44.0. The summed E-state index contributed by atoms with van der Waals surface area (Å²) in [6.07, 6.45) is 43.5. The van der Waals surface area contributed by atoms with E-state index in [0.29, 0.717) is 38.5 Å². The van der Waals surface area contributed by atoms with Crippen molar-refractivity contribution in [3.05, 3.63) is 47.1 Å². The van der Waals surface area contributed by atoms with Gasteiger partial charge >= 0.3 is 11.8 Å². The van der Waals surface area contributed by atoms with E-state index in [2.05, 4.69) is 48.5 Å². The number of aromatic nitrogens is 2. The van der Waals surface area contributed by atoms with E-state index < -0.39 is 11.8 Å². The topological polar surface area (TPSA) is 137 Å². The lowest BCUT2D eigenvalue weighted by Crippen LogP contribution is -2.27. The van der Waals surface area contributed by atoms with Crippen LogP contribution in [0.2, 0.25) is 0 Å². The molecular formula is C50H85N3O7S. The fourth-order valence-corrected chi connectivity index (χ4v) is 8.76. The number of carbonyl (C=O) groups excluding carboxylic acids is 3. The van der Waals surface area contributed by atoms with E-state index in [1.807, 2.05) is 0 Å². The van der Waals surface area contributed by atoms with Gasteiger partial charge in [0.1, 0.15) is 28.2 Å². The largest absolute Gasteiger partial charge is 0.449 e. The standard InChI is InChI=1S/C50H85N3O7S/c1-3-5-7-9-11-13-15-17-19-21-22-24-26-28-30-32-44(55)35-34-43(40-45(56)33-31-29-27-25-23-20-18-16-14-12-10-8-6-4-2)37-39-59-50(58)52-46-36-38-53(49(57)51-46)47-42-60-48(41-54)61-47/h17-20,36,38,43,47-48,54H,3-16,21-35,37,39-42H2,1-2H3,(H,51,52,57,58)/b19-17+,20-18+. The highest BCUT2D eigenvalue weighted by Gasteiger charge is 2.28. The number of ketones is 2. The normalized spacial score (nSPS) is 15.9. The van der Waals surface area contributed by atoms with Gasteiger partial charge in [-0.1, -0.05) is 134 Å². The van der Waals surface area contributed by atoms with Gasteiger partial charge in [0, 0.05) is 31.9 Å². The van der Waals surface area contributed by atoms with E-state index in [4.69, 9.17) is 9.47 Å². The lowest BCUT2D eigenvalue weighted by molar-refractivity contribution is -0.122. The summed E-state index contributed by atoms with van der Waals surface area (Å²) in [5, 5.41) is 11.5. The van der Waals surface area contributed by atoms with Gasteiger partial charge in [-0.2, -0.15) is 4.98 Å². The average molecular weight is 872 g/mol. The molecule has 61 heavy (non-hydrogen) atoms. The minimum atomic E-state index is -0.730. The summed E-state index contributed by atoms with van der Waals surface area (Å²) in [5.74, 6) is 0.473. The number of carbonyl (C=O) groups is 3. The van der Waals surface area contributed by atoms with Gasteiger partial charge in [0.05, 0.1) is 19.8 Å². The van der Waals surface area contributed by atoms with E-state index in [9.17, 15) is 24.3 Å². The Morgan fingerprint density at radius 2 is 1.26 bits per heavy atom. The van der Waals surface area contributed by atoms with Crippen molar-refractivity contribution in [2.45, 2.75) is 224 Å². The molecular weight excluding hydrogens is 787 g/mol. The molecule has 2 heterocycles. The number of rotatable bonds is 40. The van der Waals surface area contributed by atoms with Crippen molar-refractivity contribution in [1.29, 1.82) is 0 Å². The maximum absolute atomic E-state index is 13.1. The molecule has 1 aliphatic heterocycles. The Morgan fingerprint density at radius 3 is 1.77 bits per heavy atom. The predicted octanol–water partition coefficient (Wildman–Crippen LogP) is 13.4. The van der Waals surface area contributed by atoms with Crippen molar-refractivity contribution in [2.75, 3.05) is 25.1 Å². The second-order valence-electron chi connectivity index (χ2n) is 17.1. The third kappa shape index (κ3) is 29.3. The minimum absolute atomic E-state index is 0.0499. The Morgan fingerprint density at radius 1 is 0.754 bits per heavy atom. The van der Waals surface area contributed by atoms with Gasteiger partial charge in [-0.15, -0.1) is 11.8 Å². The van der Waals surface area contributed by atoms with Crippen molar-refractivity contribution in [3.63, 3.8) is 0 Å². The number of thioether (sulfide) groups is 1. The van der Waals surface area contributed by atoms with Crippen LogP contribution in [-0.4, -0.2) is 57.6 Å². The van der Waals surface area contributed by atoms with E-state index in [1.165, 1.54) is 131 Å². The van der Waals surface area contributed by atoms with Crippen LogP contribution in [0.5, 0.6) is 0 Å². The Kier molecular flexibility index (Phi) is 33.7. The Bertz CT molecular complexity index is 1400. The molecule has 0 aliphatic carbocycles. The van der Waals surface area contributed by atoms with Crippen LogP contribution >= 0.6 is 11.8 Å². The van der Waals surface area contributed by atoms with Gasteiger partial charge < -0.3 is 14.6 Å². The average Bonchev–Trinajstić information content (AvgIpc) is 3.73. The van der Waals surface area contributed by atoms with Crippen LogP contribution in [-0.2, 0) is 19.1 Å². The molecule has 1 fully saturated rings. The number of hydrogen-bond acceptors (Lipinski definition) is 9. The molecule has 1 aliphatic rings. The lowest BCUT2D eigenvalue weighted by atomic mass is 9.90. The zero-order valence-electron chi connectivity index (χ0n) is 38.4. The van der Waals surface area contributed by atoms with Crippen molar-refractivity contribution in [3.8, 4) is 0 Å². The number of aliphatic hydroxyl groups excluding tert-OH is 1. The van der Waals surface area contributed by atoms with Gasteiger partial charge in [0.25, 0.3) is 0 Å². The lowest BCUT2D eigenvalue weighted by Gasteiger charge is -2.16. The maximum atomic E-state index is 13.1. The number of allylic oxidation sites excluding steroid dienone is 4. The molecule has 0 aromatic carbocycles. The Balaban J connectivity index is 1.70. The molecule has 0 spiro atoms. The second kappa shape index (κ2) is 37.8. The van der Waals surface area contributed by atoms with Gasteiger partial charge in [0.15, 0.2) is 0 Å². The number of nitrogens with one attached hydrogen (secondary N) is 1. The quantitative estimate of drug-likeness (QED) is 0.0488. The first-order valence-electron chi connectivity index (χ1n) is 24.6. The van der Waals surface area contributed by atoms with Crippen LogP contribution in [0, 0.1) is 5.92 Å². The first-order chi connectivity index (χ1) is 29.9. The molecule has 1 saturated heterocycles. The van der Waals surface area contributed by atoms with Gasteiger partial charge in [-0.3, -0.25) is 19.5 Å². The highest BCUT2D eigenvalue weighted by molar-refractivity contribution is 8.00. The Labute approximate surface area is 374 Å². The SMILES string of the molecule is CCCCCCCC/C=C/CCCCCCCC(=O)CCC(CCOC(=O)Nc1ccn(C2COC(CO)S2)c(=O)n1)CC(=O)CCCCCC/C=C/CCCCCCCC. The third-order valence-electron chi connectivity index (χ3n) is 11.5. The van der Waals surface area contributed by atoms with Crippen molar-refractivity contribution >= 4 is 35.2 Å². The van der Waals surface area contributed by atoms with Crippen LogP contribution in [0.15, 0.2) is 41.4 Å². The molecule has 0 radical (unpaired) electrons. The summed E-state index contributed by atoms with van der Waals surface area (Å²) in [6.45, 7) is 4.73. The van der Waals surface area contributed by atoms with Gasteiger partial charge in [0.2, 0.25) is 0 Å². The van der Waals surface area contributed by atoms with Gasteiger partial charge in [-0.25, -0.2) is 9.59 Å². The second-order valence-corrected chi connectivity index (χ2v) is 18.4. The molecule has 1 aromatic rings. The van der Waals surface area contributed by atoms with E-state index in [-0.39, 0.29) is 53.9 Å². The fourth-order valence-electron chi connectivity index (χ4n) is 7.72. The number of nitrogens with zero attached hydrogens (tertiary/aromatic N) is 2. The smallest absolute Gasteiger partial charge is 0.412 e. The molecule has 3 unspecified atom stereocenters. The molecule has 348 valence electrons. The molecule has 1 aromatic heterocycles. The summed E-state index contributed by atoms with van der Waals surface area (Å²) in [6, 6.07) is 1.52. The molecule has 0 bridgehead atoms. The van der Waals surface area contributed by atoms with E-state index in [0.717, 1.165) is 57.8 Å². The predicted molar refractivity (Wildman–Crippen MR) is 253 cm³/mol. The number of amides is 1. The van der Waals surface area contributed by atoms with E-state index in [1.54, 1.807) is 0 Å². The first-order valence-corrected chi connectivity index (χ1v) is 25.5.